The fourth-order valence-corrected chi connectivity index (χ4v) is 1.89. The minimum Gasteiger partial charge on any atom is -0.465 e. The lowest BCUT2D eigenvalue weighted by Crippen LogP contribution is -2.14. The molecule has 24 heavy (non-hydrogen) atoms. The van der Waals surface area contributed by atoms with E-state index in [2.05, 4.69) is 25.3 Å². The van der Waals surface area contributed by atoms with Crippen molar-refractivity contribution in [1.82, 2.24) is 9.97 Å². The van der Waals surface area contributed by atoms with Crippen molar-refractivity contribution in [3.63, 3.8) is 0 Å². The molecule has 0 aliphatic carbocycles. The number of ether oxygens (including phenoxy) is 1. The Bertz CT molecular complexity index is 718. The maximum atomic E-state index is 12.9. The highest BCUT2D eigenvalue weighted by Crippen LogP contribution is 2.34. The number of benzene rings is 1. The van der Waals surface area contributed by atoms with Crippen molar-refractivity contribution in [2.24, 2.45) is 0 Å². The summed E-state index contributed by atoms with van der Waals surface area (Å²) in [6, 6.07) is 6.17. The number of carbonyl (C=O) groups is 1. The van der Waals surface area contributed by atoms with Crippen LogP contribution in [0, 0.1) is 0 Å². The van der Waals surface area contributed by atoms with Gasteiger partial charge in [0.25, 0.3) is 0 Å². The molecule has 2 aromatic rings. The normalized spacial score (nSPS) is 11.0. The summed E-state index contributed by atoms with van der Waals surface area (Å²) in [7, 11) is 1.27. The topological polar surface area (TPSA) is 76.1 Å². The van der Waals surface area contributed by atoms with Crippen LogP contribution in [0.25, 0.3) is 0 Å². The fraction of sp³-hybridized carbons (Fsp3) is 0.267. The zero-order chi connectivity index (χ0) is 17.7. The van der Waals surface area contributed by atoms with Crippen LogP contribution >= 0.6 is 0 Å². The van der Waals surface area contributed by atoms with Crippen LogP contribution in [0.4, 0.5) is 30.6 Å². The molecule has 0 atom stereocenters. The van der Waals surface area contributed by atoms with Crippen LogP contribution in [-0.2, 0) is 10.9 Å². The largest absolute Gasteiger partial charge is 0.465 e. The molecule has 0 saturated carbocycles. The van der Waals surface area contributed by atoms with E-state index in [-0.39, 0.29) is 18.3 Å². The number of methoxy groups -OCH3 is 1. The van der Waals surface area contributed by atoms with Crippen LogP contribution < -0.4 is 10.6 Å². The lowest BCUT2D eigenvalue weighted by molar-refractivity contribution is -0.137. The minimum absolute atomic E-state index is 0.00441. The van der Waals surface area contributed by atoms with E-state index in [0.717, 1.165) is 6.20 Å². The number of anilines is 3. The molecule has 2 rings (SSSR count). The highest BCUT2D eigenvalue weighted by Gasteiger charge is 2.35. The fourth-order valence-electron chi connectivity index (χ4n) is 1.89. The summed E-state index contributed by atoms with van der Waals surface area (Å²) in [5, 5.41) is 5.35. The van der Waals surface area contributed by atoms with E-state index in [0.29, 0.717) is 11.3 Å². The van der Waals surface area contributed by atoms with Gasteiger partial charge in [-0.05, 0) is 31.2 Å². The van der Waals surface area contributed by atoms with E-state index in [9.17, 15) is 18.0 Å². The van der Waals surface area contributed by atoms with Gasteiger partial charge in [-0.2, -0.15) is 18.2 Å². The Balaban J connectivity index is 2.23. The van der Waals surface area contributed by atoms with E-state index >= 15 is 0 Å². The maximum Gasteiger partial charge on any atom is 0.421 e. The summed E-state index contributed by atoms with van der Waals surface area (Å²) >= 11 is 0. The quantitative estimate of drug-likeness (QED) is 0.812. The SMILES string of the molecule is CCNc1nc(Nc2ccc(C(=O)OC)cc2)ncc1C(F)(F)F. The Morgan fingerprint density at radius 1 is 1.25 bits per heavy atom. The first-order valence-electron chi connectivity index (χ1n) is 6.98. The van der Waals surface area contributed by atoms with Gasteiger partial charge in [0, 0.05) is 18.4 Å². The lowest BCUT2D eigenvalue weighted by Gasteiger charge is -2.14. The first-order chi connectivity index (χ1) is 11.3. The van der Waals surface area contributed by atoms with Crippen LogP contribution in [0.3, 0.4) is 0 Å². The Morgan fingerprint density at radius 2 is 1.92 bits per heavy atom. The highest BCUT2D eigenvalue weighted by molar-refractivity contribution is 5.89. The van der Waals surface area contributed by atoms with Gasteiger partial charge in [-0.25, -0.2) is 9.78 Å². The number of hydrogen-bond donors (Lipinski definition) is 2. The monoisotopic (exact) mass is 340 g/mol. The van der Waals surface area contributed by atoms with Gasteiger partial charge < -0.3 is 15.4 Å². The van der Waals surface area contributed by atoms with Crippen LogP contribution in [0.5, 0.6) is 0 Å². The second-order valence-corrected chi connectivity index (χ2v) is 4.68. The second-order valence-electron chi connectivity index (χ2n) is 4.68. The van der Waals surface area contributed by atoms with Gasteiger partial charge in [0.1, 0.15) is 11.4 Å². The standard InChI is InChI=1S/C15H15F3N4O2/c1-3-19-12-11(15(16,17)18)8-20-14(22-12)21-10-6-4-9(5-7-10)13(23)24-2/h4-8H,3H2,1-2H3,(H2,19,20,21,22). The molecule has 128 valence electrons. The van der Waals surface area contributed by atoms with Gasteiger partial charge >= 0.3 is 12.1 Å². The average molecular weight is 340 g/mol. The molecule has 2 N–H and O–H groups in total. The Labute approximate surface area is 136 Å². The molecule has 0 saturated heterocycles. The molecule has 6 nitrogen and oxygen atoms in total. The number of esters is 1. The number of alkyl halides is 3. The molecule has 0 bridgehead atoms. The molecule has 0 fully saturated rings. The first kappa shape index (κ1) is 17.5. The average Bonchev–Trinajstić information content (AvgIpc) is 2.54. The van der Waals surface area contributed by atoms with Crippen LogP contribution in [0.15, 0.2) is 30.5 Å². The van der Waals surface area contributed by atoms with Gasteiger partial charge in [0.15, 0.2) is 0 Å². The van der Waals surface area contributed by atoms with Crippen LogP contribution in [0.1, 0.15) is 22.8 Å². The van der Waals surface area contributed by atoms with Crippen molar-refractivity contribution in [3.05, 3.63) is 41.6 Å². The Morgan fingerprint density at radius 3 is 2.46 bits per heavy atom. The van der Waals surface area contributed by atoms with Gasteiger partial charge in [-0.1, -0.05) is 0 Å². The number of nitrogens with one attached hydrogen (secondary N) is 2. The summed E-state index contributed by atoms with van der Waals surface area (Å²) < 4.78 is 43.3. The van der Waals surface area contributed by atoms with E-state index in [4.69, 9.17) is 0 Å². The van der Waals surface area contributed by atoms with Gasteiger partial charge in [0.05, 0.1) is 12.7 Å². The molecule has 0 aliphatic rings. The number of rotatable bonds is 5. The molecule has 1 aromatic carbocycles. The van der Waals surface area contributed by atoms with Crippen LogP contribution in [0.2, 0.25) is 0 Å². The molecule has 0 aliphatic heterocycles. The van der Waals surface area contributed by atoms with Crippen molar-refractivity contribution >= 4 is 23.4 Å². The van der Waals surface area contributed by atoms with Gasteiger partial charge in [-0.15, -0.1) is 0 Å². The number of carbonyl (C=O) groups excluding carboxylic acids is 1. The van der Waals surface area contributed by atoms with E-state index in [1.54, 1.807) is 19.1 Å². The number of halogens is 3. The Kier molecular flexibility index (Phi) is 5.22. The van der Waals surface area contributed by atoms with Crippen LogP contribution in [-0.4, -0.2) is 29.6 Å². The molecule has 0 spiro atoms. The van der Waals surface area contributed by atoms with Crippen molar-refractivity contribution < 1.29 is 22.7 Å². The molecule has 0 radical (unpaired) electrons. The number of hydrogen-bond acceptors (Lipinski definition) is 6. The summed E-state index contributed by atoms with van der Waals surface area (Å²) in [5.41, 5.74) is -0.0643. The Hall–Kier alpha value is -2.84. The maximum absolute atomic E-state index is 12.9. The zero-order valence-corrected chi connectivity index (χ0v) is 12.9. The second kappa shape index (κ2) is 7.16. The predicted octanol–water partition coefficient (Wildman–Crippen LogP) is 3.46. The number of nitrogens with zero attached hydrogens (tertiary/aromatic N) is 2. The molecule has 1 heterocycles. The third-order valence-corrected chi connectivity index (χ3v) is 3.00. The zero-order valence-electron chi connectivity index (χ0n) is 12.9. The van der Waals surface area contributed by atoms with Gasteiger partial charge in [-0.3, -0.25) is 0 Å². The predicted molar refractivity (Wildman–Crippen MR) is 82.3 cm³/mol. The summed E-state index contributed by atoms with van der Waals surface area (Å²) in [6.07, 6.45) is -3.83. The minimum atomic E-state index is -4.54. The summed E-state index contributed by atoms with van der Waals surface area (Å²) in [4.78, 5) is 18.9. The molecule has 0 unspecified atom stereocenters. The third-order valence-electron chi connectivity index (χ3n) is 3.00. The van der Waals surface area contributed by atoms with Gasteiger partial charge in [0.2, 0.25) is 5.95 Å². The molecular formula is C15H15F3N4O2. The van der Waals surface area contributed by atoms with Crippen molar-refractivity contribution in [2.45, 2.75) is 13.1 Å². The van der Waals surface area contributed by atoms with Crippen molar-refractivity contribution in [2.75, 3.05) is 24.3 Å². The van der Waals surface area contributed by atoms with E-state index < -0.39 is 17.7 Å². The summed E-state index contributed by atoms with van der Waals surface area (Å²) in [5.74, 6) is -0.778. The molecular weight excluding hydrogens is 325 g/mol. The smallest absolute Gasteiger partial charge is 0.421 e. The third kappa shape index (κ3) is 4.12. The lowest BCUT2D eigenvalue weighted by atomic mass is 10.2. The van der Waals surface area contributed by atoms with E-state index in [1.807, 2.05) is 0 Å². The molecule has 9 heteroatoms. The summed E-state index contributed by atoms with van der Waals surface area (Å²) in [6.45, 7) is 1.95. The highest BCUT2D eigenvalue weighted by atomic mass is 19.4. The van der Waals surface area contributed by atoms with Crippen molar-refractivity contribution in [3.8, 4) is 0 Å². The van der Waals surface area contributed by atoms with Crippen molar-refractivity contribution in [1.29, 1.82) is 0 Å². The molecule has 0 amide bonds. The molecule has 1 aromatic heterocycles. The first-order valence-corrected chi connectivity index (χ1v) is 6.98. The van der Waals surface area contributed by atoms with E-state index in [1.165, 1.54) is 19.2 Å². The number of aromatic nitrogens is 2.